The zero-order valence-electron chi connectivity index (χ0n) is 13.8. The maximum absolute atomic E-state index is 12.0. The summed E-state index contributed by atoms with van der Waals surface area (Å²) in [6, 6.07) is 0. The Morgan fingerprint density at radius 2 is 2.17 bits per heavy atom. The van der Waals surface area contributed by atoms with Gasteiger partial charge in [-0.3, -0.25) is 4.79 Å². The average molecular weight is 378 g/mol. The number of carbonyl (C=O) groups is 1. The van der Waals surface area contributed by atoms with Crippen molar-refractivity contribution in [1.29, 1.82) is 0 Å². The summed E-state index contributed by atoms with van der Waals surface area (Å²) >= 11 is 0. The van der Waals surface area contributed by atoms with Crippen LogP contribution in [0.1, 0.15) is 31.4 Å². The number of sulfone groups is 1. The van der Waals surface area contributed by atoms with E-state index >= 15 is 0 Å². The lowest BCUT2D eigenvalue weighted by molar-refractivity contribution is -0.118. The average Bonchev–Trinajstić information content (AvgIpc) is 2.51. The van der Waals surface area contributed by atoms with E-state index in [2.05, 4.69) is 25.9 Å². The zero-order chi connectivity index (χ0) is 16.9. The van der Waals surface area contributed by atoms with Crippen molar-refractivity contribution >= 4 is 34.1 Å². The van der Waals surface area contributed by atoms with E-state index in [1.54, 1.807) is 0 Å². The number of hydrogen-bond acceptors (Lipinski definition) is 7. The molecule has 136 valence electrons. The molecule has 1 fully saturated rings. The molecule has 1 aromatic rings. The van der Waals surface area contributed by atoms with E-state index in [1.807, 2.05) is 0 Å². The summed E-state index contributed by atoms with van der Waals surface area (Å²) in [6.07, 6.45) is 4.43. The maximum Gasteiger partial charge on any atom is 0.223 e. The van der Waals surface area contributed by atoms with Gasteiger partial charge in [-0.05, 0) is 19.4 Å². The van der Waals surface area contributed by atoms with E-state index in [0.717, 1.165) is 19.4 Å². The second-order valence-electron chi connectivity index (χ2n) is 5.67. The summed E-state index contributed by atoms with van der Waals surface area (Å²) in [5, 5.41) is 8.95. The molecule has 0 spiro atoms. The van der Waals surface area contributed by atoms with Crippen LogP contribution in [-0.4, -0.2) is 56.7 Å². The minimum absolute atomic E-state index is 0. The smallest absolute Gasteiger partial charge is 0.223 e. The number of nitrogens with one attached hydrogen (secondary N) is 3. The number of carbonyl (C=O) groups excluding carboxylic acids is 1. The van der Waals surface area contributed by atoms with Gasteiger partial charge in [0.05, 0.1) is 11.9 Å². The van der Waals surface area contributed by atoms with E-state index in [0.29, 0.717) is 31.3 Å². The molecular formula is C14H24ClN5O3S. The van der Waals surface area contributed by atoms with Gasteiger partial charge in [-0.15, -0.1) is 12.4 Å². The van der Waals surface area contributed by atoms with Gasteiger partial charge in [0.2, 0.25) is 11.9 Å². The Morgan fingerprint density at radius 3 is 2.75 bits per heavy atom. The second kappa shape index (κ2) is 9.14. The number of rotatable bonds is 6. The number of halogens is 1. The van der Waals surface area contributed by atoms with Crippen LogP contribution in [0.25, 0.3) is 0 Å². The van der Waals surface area contributed by atoms with Gasteiger partial charge >= 0.3 is 0 Å². The van der Waals surface area contributed by atoms with Crippen molar-refractivity contribution in [3.8, 4) is 0 Å². The Kier molecular flexibility index (Phi) is 7.85. The van der Waals surface area contributed by atoms with Crippen LogP contribution < -0.4 is 16.0 Å². The van der Waals surface area contributed by atoms with Crippen molar-refractivity contribution in [2.45, 2.75) is 30.6 Å². The molecule has 1 atom stereocenters. The monoisotopic (exact) mass is 377 g/mol. The van der Waals surface area contributed by atoms with Gasteiger partial charge < -0.3 is 16.0 Å². The molecule has 24 heavy (non-hydrogen) atoms. The molecule has 1 unspecified atom stereocenters. The lowest BCUT2D eigenvalue weighted by atomic mass is 9.96. The first-order valence-electron chi connectivity index (χ1n) is 7.64. The number of aromatic nitrogens is 2. The molecule has 2 heterocycles. The highest BCUT2D eigenvalue weighted by atomic mass is 35.5. The summed E-state index contributed by atoms with van der Waals surface area (Å²) in [5.41, 5.74) is 0.566. The third kappa shape index (κ3) is 5.88. The SMILES string of the molecule is CC(=O)NCCNc1ncc(S(C)(=O)=O)c(C2CCCNC2)n1.Cl. The van der Waals surface area contributed by atoms with Crippen LogP contribution in [0, 0.1) is 0 Å². The Morgan fingerprint density at radius 1 is 1.42 bits per heavy atom. The number of amides is 1. The largest absolute Gasteiger partial charge is 0.355 e. The van der Waals surface area contributed by atoms with Gasteiger partial charge in [-0.2, -0.15) is 0 Å². The lowest BCUT2D eigenvalue weighted by Gasteiger charge is -2.24. The number of piperidine rings is 1. The summed E-state index contributed by atoms with van der Waals surface area (Å²) in [7, 11) is -3.37. The maximum atomic E-state index is 12.0. The molecule has 0 radical (unpaired) electrons. The van der Waals surface area contributed by atoms with Gasteiger partial charge in [0.15, 0.2) is 9.84 Å². The van der Waals surface area contributed by atoms with Crippen LogP contribution in [0.5, 0.6) is 0 Å². The van der Waals surface area contributed by atoms with Crippen LogP contribution in [0.3, 0.4) is 0 Å². The van der Waals surface area contributed by atoms with Crippen LogP contribution in [0.2, 0.25) is 0 Å². The molecule has 1 aromatic heterocycles. The fourth-order valence-electron chi connectivity index (χ4n) is 2.55. The molecule has 2 rings (SSSR count). The van der Waals surface area contributed by atoms with Gasteiger partial charge in [-0.25, -0.2) is 18.4 Å². The zero-order valence-corrected chi connectivity index (χ0v) is 15.5. The summed E-state index contributed by atoms with van der Waals surface area (Å²) in [4.78, 5) is 19.5. The molecular weight excluding hydrogens is 354 g/mol. The van der Waals surface area contributed by atoms with Crippen LogP contribution in [0.15, 0.2) is 11.1 Å². The van der Waals surface area contributed by atoms with E-state index in [1.165, 1.54) is 19.4 Å². The van der Waals surface area contributed by atoms with E-state index in [-0.39, 0.29) is 29.1 Å². The Balaban J connectivity index is 0.00000288. The van der Waals surface area contributed by atoms with Gasteiger partial charge in [-0.1, -0.05) is 0 Å². The summed E-state index contributed by atoms with van der Waals surface area (Å²) in [5.74, 6) is 0.338. The topological polar surface area (TPSA) is 113 Å². The van der Waals surface area contributed by atoms with Gasteiger partial charge in [0, 0.05) is 38.7 Å². The highest BCUT2D eigenvalue weighted by Crippen LogP contribution is 2.27. The first-order valence-corrected chi connectivity index (χ1v) is 9.53. The van der Waals surface area contributed by atoms with Crippen LogP contribution in [0.4, 0.5) is 5.95 Å². The predicted molar refractivity (Wildman–Crippen MR) is 94.4 cm³/mol. The van der Waals surface area contributed by atoms with Crippen molar-refractivity contribution in [3.05, 3.63) is 11.9 Å². The minimum Gasteiger partial charge on any atom is -0.355 e. The normalized spacial score (nSPS) is 17.7. The van der Waals surface area contributed by atoms with E-state index in [9.17, 15) is 13.2 Å². The highest BCUT2D eigenvalue weighted by Gasteiger charge is 2.25. The van der Waals surface area contributed by atoms with Crippen molar-refractivity contribution in [2.24, 2.45) is 0 Å². The van der Waals surface area contributed by atoms with Crippen LogP contribution in [-0.2, 0) is 14.6 Å². The van der Waals surface area contributed by atoms with Gasteiger partial charge in [0.1, 0.15) is 4.90 Å². The predicted octanol–water partition coefficient (Wildman–Crippen LogP) is 0.317. The standard InChI is InChI=1S/C14H23N5O3S.ClH/c1-10(20)16-6-7-17-14-18-9-12(23(2,21)22)13(19-14)11-4-3-5-15-8-11;/h9,11,15H,3-8H2,1-2H3,(H,16,20)(H,17,18,19);1H. The molecule has 1 aliphatic rings. The van der Waals surface area contributed by atoms with Crippen molar-refractivity contribution in [1.82, 2.24) is 20.6 Å². The first kappa shape index (κ1) is 20.6. The van der Waals surface area contributed by atoms with Crippen LogP contribution >= 0.6 is 12.4 Å². The molecule has 3 N–H and O–H groups in total. The number of hydrogen-bond donors (Lipinski definition) is 3. The number of anilines is 1. The van der Waals surface area contributed by atoms with Crippen molar-refractivity contribution < 1.29 is 13.2 Å². The molecule has 0 bridgehead atoms. The third-order valence-corrected chi connectivity index (χ3v) is 4.76. The molecule has 0 aliphatic carbocycles. The Labute approximate surface area is 148 Å². The van der Waals surface area contributed by atoms with E-state index < -0.39 is 9.84 Å². The quantitative estimate of drug-likeness (QED) is 0.611. The van der Waals surface area contributed by atoms with E-state index in [4.69, 9.17) is 0 Å². The highest BCUT2D eigenvalue weighted by molar-refractivity contribution is 7.90. The van der Waals surface area contributed by atoms with Crippen molar-refractivity contribution in [3.63, 3.8) is 0 Å². The lowest BCUT2D eigenvalue weighted by Crippen LogP contribution is -2.30. The summed E-state index contributed by atoms with van der Waals surface area (Å²) in [6.45, 7) is 4.03. The van der Waals surface area contributed by atoms with Crippen molar-refractivity contribution in [2.75, 3.05) is 37.8 Å². The first-order chi connectivity index (χ1) is 10.9. The Hall–Kier alpha value is -1.45. The summed E-state index contributed by atoms with van der Waals surface area (Å²) < 4.78 is 23.9. The fraction of sp³-hybridized carbons (Fsp3) is 0.643. The molecule has 0 saturated carbocycles. The molecule has 1 saturated heterocycles. The van der Waals surface area contributed by atoms with Gasteiger partial charge in [0.25, 0.3) is 0 Å². The minimum atomic E-state index is -3.37. The third-order valence-electron chi connectivity index (χ3n) is 3.65. The molecule has 1 aliphatic heterocycles. The second-order valence-corrected chi connectivity index (χ2v) is 7.65. The molecule has 1 amide bonds. The Bertz CT molecular complexity index is 662. The molecule has 8 nitrogen and oxygen atoms in total. The molecule has 10 heteroatoms. The fourth-order valence-corrected chi connectivity index (χ4v) is 3.38. The number of nitrogens with zero attached hydrogens (tertiary/aromatic N) is 2. The molecule has 0 aromatic carbocycles.